The van der Waals surface area contributed by atoms with Crippen LogP contribution in [0.3, 0.4) is 0 Å². The van der Waals surface area contributed by atoms with Gasteiger partial charge in [-0.05, 0) is 36.2 Å². The van der Waals surface area contributed by atoms with Crippen LogP contribution < -0.4 is 10.6 Å². The molecule has 0 fully saturated rings. The first-order valence-corrected chi connectivity index (χ1v) is 12.1. The van der Waals surface area contributed by atoms with Gasteiger partial charge in [0.25, 0.3) is 0 Å². The fraction of sp³-hybridized carbons (Fsp3) is 0.120. The number of rotatable bonds is 7. The molecule has 0 saturated heterocycles. The number of nitrogens with one attached hydrogen (secondary N) is 2. The molecule has 1 atom stereocenters. The number of para-hydroxylation sites is 2. The van der Waals surface area contributed by atoms with Crippen LogP contribution in [0.5, 0.6) is 0 Å². The lowest BCUT2D eigenvalue weighted by Crippen LogP contribution is -2.29. The first-order valence-electron chi connectivity index (χ1n) is 10.5. The van der Waals surface area contributed by atoms with Crippen LogP contribution in [-0.2, 0) is 16.0 Å². The zero-order valence-corrected chi connectivity index (χ0v) is 19.2. The van der Waals surface area contributed by atoms with Crippen molar-refractivity contribution in [2.24, 2.45) is 5.92 Å². The number of carbonyl (C=O) groups is 2. The minimum absolute atomic E-state index is 0.0432. The Morgan fingerprint density at radius 1 is 0.727 bits per heavy atom. The molecule has 0 radical (unpaired) electrons. The number of carbonyl (C=O) groups excluding carboxylic acids is 2. The van der Waals surface area contributed by atoms with Crippen LogP contribution in [0.15, 0.2) is 78.9 Å². The summed E-state index contributed by atoms with van der Waals surface area (Å²) in [6, 6.07) is 25.2. The highest BCUT2D eigenvalue weighted by molar-refractivity contribution is 7.22. The van der Waals surface area contributed by atoms with Crippen molar-refractivity contribution < 1.29 is 9.59 Å². The van der Waals surface area contributed by atoms with Crippen molar-refractivity contribution >= 4 is 65.2 Å². The monoisotopic (exact) mass is 472 g/mol. The zero-order valence-electron chi connectivity index (χ0n) is 17.5. The number of aromatic nitrogens is 2. The minimum atomic E-state index is -0.547. The van der Waals surface area contributed by atoms with Crippen molar-refractivity contribution in [1.82, 2.24) is 9.97 Å². The molecule has 3 aromatic carbocycles. The van der Waals surface area contributed by atoms with Crippen LogP contribution in [0.2, 0.25) is 0 Å². The summed E-state index contributed by atoms with van der Waals surface area (Å²) in [4.78, 5) is 35.0. The van der Waals surface area contributed by atoms with Crippen molar-refractivity contribution in [3.63, 3.8) is 0 Å². The smallest absolute Gasteiger partial charge is 0.230 e. The number of anilines is 2. The SMILES string of the molecule is O=C(CC(Cc1ccccc1)C(=O)Nc1nc2ccccc2s1)Nc1nc2ccccc2s1. The second-order valence-electron chi connectivity index (χ2n) is 7.60. The van der Waals surface area contributed by atoms with E-state index in [1.165, 1.54) is 22.7 Å². The molecule has 8 heteroatoms. The molecular formula is C25H20N4O2S2. The Hall–Kier alpha value is -3.62. The maximum absolute atomic E-state index is 13.2. The van der Waals surface area contributed by atoms with Gasteiger partial charge in [-0.3, -0.25) is 9.59 Å². The molecule has 164 valence electrons. The second kappa shape index (κ2) is 9.48. The summed E-state index contributed by atoms with van der Waals surface area (Å²) in [7, 11) is 0. The average molecular weight is 473 g/mol. The maximum atomic E-state index is 13.2. The van der Waals surface area contributed by atoms with Crippen LogP contribution in [-0.4, -0.2) is 21.8 Å². The largest absolute Gasteiger partial charge is 0.302 e. The molecule has 0 saturated carbocycles. The Balaban J connectivity index is 1.32. The van der Waals surface area contributed by atoms with Crippen molar-refractivity contribution in [2.45, 2.75) is 12.8 Å². The van der Waals surface area contributed by atoms with E-state index in [1.807, 2.05) is 78.9 Å². The first kappa shape index (κ1) is 21.2. The van der Waals surface area contributed by atoms with Crippen molar-refractivity contribution in [1.29, 1.82) is 0 Å². The third kappa shape index (κ3) is 5.08. The number of benzene rings is 3. The molecule has 0 aliphatic heterocycles. The Labute approximate surface area is 198 Å². The van der Waals surface area contributed by atoms with E-state index in [-0.39, 0.29) is 18.2 Å². The van der Waals surface area contributed by atoms with E-state index in [4.69, 9.17) is 0 Å². The number of hydrogen-bond acceptors (Lipinski definition) is 6. The number of hydrogen-bond donors (Lipinski definition) is 2. The standard InChI is InChI=1S/C25H20N4O2S2/c30-22(28-24-26-18-10-4-6-12-20(18)32-24)15-17(14-16-8-2-1-3-9-16)23(31)29-25-27-19-11-5-7-13-21(19)33-25/h1-13,17H,14-15H2,(H,26,28,30)(H,27,29,31). The van der Waals surface area contributed by atoms with E-state index in [1.54, 1.807) is 0 Å². The quantitative estimate of drug-likeness (QED) is 0.317. The van der Waals surface area contributed by atoms with Crippen molar-refractivity contribution in [2.75, 3.05) is 10.6 Å². The van der Waals surface area contributed by atoms with Gasteiger partial charge in [0.1, 0.15) is 0 Å². The average Bonchev–Trinajstić information content (AvgIpc) is 3.41. The number of fused-ring (bicyclic) bond motifs is 2. The van der Waals surface area contributed by atoms with Crippen LogP contribution in [0.1, 0.15) is 12.0 Å². The Morgan fingerprint density at radius 3 is 1.88 bits per heavy atom. The van der Waals surface area contributed by atoms with Crippen LogP contribution >= 0.6 is 22.7 Å². The molecule has 5 aromatic rings. The van der Waals surface area contributed by atoms with Gasteiger partial charge in [-0.1, -0.05) is 77.3 Å². The van der Waals surface area contributed by atoms with Gasteiger partial charge >= 0.3 is 0 Å². The van der Waals surface area contributed by atoms with Crippen molar-refractivity contribution in [3.8, 4) is 0 Å². The van der Waals surface area contributed by atoms with Gasteiger partial charge in [-0.2, -0.15) is 0 Å². The molecule has 0 aliphatic carbocycles. The van der Waals surface area contributed by atoms with Crippen LogP contribution in [0.25, 0.3) is 20.4 Å². The molecule has 2 heterocycles. The highest BCUT2D eigenvalue weighted by Crippen LogP contribution is 2.28. The molecule has 1 unspecified atom stereocenters. The number of nitrogens with zero attached hydrogens (tertiary/aromatic N) is 2. The summed E-state index contributed by atoms with van der Waals surface area (Å²) < 4.78 is 2.00. The van der Waals surface area contributed by atoms with Gasteiger partial charge in [0, 0.05) is 6.42 Å². The second-order valence-corrected chi connectivity index (χ2v) is 9.66. The molecule has 5 rings (SSSR count). The molecule has 2 N–H and O–H groups in total. The normalized spacial score (nSPS) is 12.0. The van der Waals surface area contributed by atoms with Gasteiger partial charge < -0.3 is 10.6 Å². The molecule has 0 bridgehead atoms. The van der Waals surface area contributed by atoms with E-state index >= 15 is 0 Å². The van der Waals surface area contributed by atoms with Crippen LogP contribution in [0, 0.1) is 5.92 Å². The Morgan fingerprint density at radius 2 is 1.27 bits per heavy atom. The molecule has 6 nitrogen and oxygen atoms in total. The summed E-state index contributed by atoms with van der Waals surface area (Å²) in [5.41, 5.74) is 2.67. The number of amides is 2. The summed E-state index contributed by atoms with van der Waals surface area (Å²) in [6.07, 6.45) is 0.492. The lowest BCUT2D eigenvalue weighted by Gasteiger charge is -2.15. The Kier molecular flexibility index (Phi) is 6.10. The van der Waals surface area contributed by atoms with E-state index in [0.717, 1.165) is 26.0 Å². The zero-order chi connectivity index (χ0) is 22.6. The molecule has 2 aromatic heterocycles. The predicted molar refractivity (Wildman–Crippen MR) is 135 cm³/mol. The number of thiazole rings is 2. The van der Waals surface area contributed by atoms with E-state index < -0.39 is 5.92 Å². The highest BCUT2D eigenvalue weighted by Gasteiger charge is 2.24. The first-order chi connectivity index (χ1) is 16.1. The Bertz CT molecular complexity index is 1360. The fourth-order valence-corrected chi connectivity index (χ4v) is 5.36. The predicted octanol–water partition coefficient (Wildman–Crippen LogP) is 5.73. The van der Waals surface area contributed by atoms with Gasteiger partial charge in [-0.15, -0.1) is 0 Å². The molecule has 33 heavy (non-hydrogen) atoms. The highest BCUT2D eigenvalue weighted by atomic mass is 32.1. The summed E-state index contributed by atoms with van der Waals surface area (Å²) in [6.45, 7) is 0. The fourth-order valence-electron chi connectivity index (χ4n) is 3.61. The lowest BCUT2D eigenvalue weighted by atomic mass is 9.95. The lowest BCUT2D eigenvalue weighted by molar-refractivity contribution is -0.124. The van der Waals surface area contributed by atoms with E-state index in [2.05, 4.69) is 20.6 Å². The van der Waals surface area contributed by atoms with Crippen molar-refractivity contribution in [3.05, 3.63) is 84.4 Å². The maximum Gasteiger partial charge on any atom is 0.230 e. The van der Waals surface area contributed by atoms with Gasteiger partial charge in [-0.25, -0.2) is 9.97 Å². The van der Waals surface area contributed by atoms with Crippen LogP contribution in [0.4, 0.5) is 10.3 Å². The summed E-state index contributed by atoms with van der Waals surface area (Å²) in [5.74, 6) is -1.01. The molecule has 0 aliphatic rings. The van der Waals surface area contributed by atoms with Gasteiger partial charge in [0.15, 0.2) is 10.3 Å². The van der Waals surface area contributed by atoms with Gasteiger partial charge in [0.05, 0.1) is 26.4 Å². The third-order valence-electron chi connectivity index (χ3n) is 5.19. The van der Waals surface area contributed by atoms with Gasteiger partial charge in [0.2, 0.25) is 11.8 Å². The summed E-state index contributed by atoms with van der Waals surface area (Å²) >= 11 is 2.84. The summed E-state index contributed by atoms with van der Waals surface area (Å²) in [5, 5.41) is 6.85. The van der Waals surface area contributed by atoms with E-state index in [0.29, 0.717) is 16.7 Å². The minimum Gasteiger partial charge on any atom is -0.302 e. The molecule has 2 amide bonds. The van der Waals surface area contributed by atoms with E-state index in [9.17, 15) is 9.59 Å². The topological polar surface area (TPSA) is 84.0 Å². The molecule has 0 spiro atoms. The third-order valence-corrected chi connectivity index (χ3v) is 7.10. The molecular weight excluding hydrogens is 452 g/mol.